The van der Waals surface area contributed by atoms with Crippen molar-refractivity contribution in [3.63, 3.8) is 0 Å². The Morgan fingerprint density at radius 3 is 2.54 bits per heavy atom. The van der Waals surface area contributed by atoms with E-state index in [-0.39, 0.29) is 5.69 Å². The lowest BCUT2D eigenvalue weighted by molar-refractivity contribution is -0.0139. The SMILES string of the molecule is Cn1c(CN2CCC(C(C)(C)O)CC2)nc2c(N3CCOCC3)nc(-n3c(=O)[nH]c4ccccc43)nc21. The van der Waals surface area contributed by atoms with Gasteiger partial charge in [-0.05, 0) is 57.8 Å². The molecule has 2 saturated heterocycles. The van der Waals surface area contributed by atoms with Gasteiger partial charge >= 0.3 is 5.69 Å². The maximum atomic E-state index is 13.0. The number of rotatable bonds is 5. The van der Waals surface area contributed by atoms with E-state index in [2.05, 4.69) is 14.8 Å². The van der Waals surface area contributed by atoms with E-state index in [1.165, 1.54) is 4.57 Å². The Bertz CT molecular complexity index is 1480. The van der Waals surface area contributed by atoms with E-state index >= 15 is 0 Å². The minimum absolute atomic E-state index is 0.273. The van der Waals surface area contributed by atoms with Crippen LogP contribution in [0.25, 0.3) is 28.1 Å². The molecule has 0 spiro atoms. The van der Waals surface area contributed by atoms with Crippen molar-refractivity contribution in [2.24, 2.45) is 13.0 Å². The molecule has 2 aliphatic heterocycles. The average molecular weight is 507 g/mol. The highest BCUT2D eigenvalue weighted by atomic mass is 16.5. The first-order chi connectivity index (χ1) is 17.8. The Labute approximate surface area is 214 Å². The van der Waals surface area contributed by atoms with Crippen molar-refractivity contribution in [1.29, 1.82) is 0 Å². The fourth-order valence-corrected chi connectivity index (χ4v) is 5.57. The number of H-pyrrole nitrogens is 1. The van der Waals surface area contributed by atoms with E-state index < -0.39 is 5.60 Å². The number of imidazole rings is 2. The van der Waals surface area contributed by atoms with E-state index in [1.807, 2.05) is 49.7 Å². The number of piperidine rings is 1. The minimum Gasteiger partial charge on any atom is -0.390 e. The quantitative estimate of drug-likeness (QED) is 0.421. The first kappa shape index (κ1) is 24.1. The molecular formula is C26H34N8O3. The first-order valence-corrected chi connectivity index (χ1v) is 13.0. The van der Waals surface area contributed by atoms with Gasteiger partial charge in [-0.3, -0.25) is 4.90 Å². The molecule has 2 fully saturated rings. The number of ether oxygens (including phenoxy) is 1. The summed E-state index contributed by atoms with van der Waals surface area (Å²) in [4.78, 5) is 35.2. The zero-order valence-corrected chi connectivity index (χ0v) is 21.6. The van der Waals surface area contributed by atoms with Crippen LogP contribution in [0.2, 0.25) is 0 Å². The van der Waals surface area contributed by atoms with Crippen molar-refractivity contribution in [2.75, 3.05) is 44.3 Å². The van der Waals surface area contributed by atoms with Crippen LogP contribution >= 0.6 is 0 Å². The number of fused-ring (bicyclic) bond motifs is 2. The molecule has 3 aromatic heterocycles. The summed E-state index contributed by atoms with van der Waals surface area (Å²) in [6.07, 6.45) is 1.92. The van der Waals surface area contributed by atoms with Crippen LogP contribution in [0.5, 0.6) is 0 Å². The van der Waals surface area contributed by atoms with E-state index in [0.717, 1.165) is 54.1 Å². The lowest BCUT2D eigenvalue weighted by Gasteiger charge is -2.37. The highest BCUT2D eigenvalue weighted by molar-refractivity contribution is 5.85. The lowest BCUT2D eigenvalue weighted by atomic mass is 9.83. The third kappa shape index (κ3) is 4.41. The number of hydrogen-bond donors (Lipinski definition) is 2. The van der Waals surface area contributed by atoms with Gasteiger partial charge in [-0.2, -0.15) is 9.97 Å². The van der Waals surface area contributed by atoms with Crippen molar-refractivity contribution in [1.82, 2.24) is 34.0 Å². The number of benzene rings is 1. The average Bonchev–Trinajstić information content (AvgIpc) is 3.39. The van der Waals surface area contributed by atoms with Gasteiger partial charge in [0.15, 0.2) is 17.0 Å². The number of hydrogen-bond acceptors (Lipinski definition) is 8. The Morgan fingerprint density at radius 1 is 1.08 bits per heavy atom. The number of aryl methyl sites for hydroxylation is 1. The molecule has 5 heterocycles. The first-order valence-electron chi connectivity index (χ1n) is 13.0. The molecule has 0 amide bonds. The number of nitrogens with zero attached hydrogens (tertiary/aromatic N) is 7. The van der Waals surface area contributed by atoms with Crippen molar-refractivity contribution in [3.8, 4) is 5.95 Å². The molecule has 0 aliphatic carbocycles. The monoisotopic (exact) mass is 506 g/mol. The molecule has 1 aromatic carbocycles. The number of anilines is 1. The van der Waals surface area contributed by atoms with Crippen LogP contribution in [0.3, 0.4) is 0 Å². The summed E-state index contributed by atoms with van der Waals surface area (Å²) < 4.78 is 9.13. The fraction of sp³-hybridized carbons (Fsp3) is 0.538. The van der Waals surface area contributed by atoms with Crippen LogP contribution in [0.4, 0.5) is 5.82 Å². The highest BCUT2D eigenvalue weighted by Gasteiger charge is 2.31. The Kier molecular flexibility index (Phi) is 6.01. The molecule has 4 aromatic rings. The number of aromatic amines is 1. The zero-order chi connectivity index (χ0) is 25.7. The second kappa shape index (κ2) is 9.23. The summed E-state index contributed by atoms with van der Waals surface area (Å²) in [5.41, 5.74) is 1.99. The van der Waals surface area contributed by atoms with Crippen molar-refractivity contribution >= 4 is 28.0 Å². The molecule has 0 bridgehead atoms. The molecule has 2 N–H and O–H groups in total. The van der Waals surface area contributed by atoms with Gasteiger partial charge in [0.25, 0.3) is 0 Å². The van der Waals surface area contributed by atoms with Crippen molar-refractivity contribution < 1.29 is 9.84 Å². The highest BCUT2D eigenvalue weighted by Crippen LogP contribution is 2.30. The number of nitrogens with one attached hydrogen (secondary N) is 1. The van der Waals surface area contributed by atoms with Gasteiger partial charge in [-0.15, -0.1) is 0 Å². The van der Waals surface area contributed by atoms with Crippen LogP contribution in [0.15, 0.2) is 29.1 Å². The molecule has 11 heteroatoms. The number of likely N-dealkylation sites (tertiary alicyclic amines) is 1. The van der Waals surface area contributed by atoms with Gasteiger partial charge in [0.05, 0.1) is 36.4 Å². The Hall–Kier alpha value is -3.28. The Balaban J connectivity index is 1.41. The molecule has 0 radical (unpaired) electrons. The molecule has 196 valence electrons. The van der Waals surface area contributed by atoms with E-state index in [1.54, 1.807) is 0 Å². The van der Waals surface area contributed by atoms with Crippen LogP contribution < -0.4 is 10.6 Å². The summed E-state index contributed by atoms with van der Waals surface area (Å²) in [5, 5.41) is 10.4. The summed E-state index contributed by atoms with van der Waals surface area (Å²) in [6.45, 7) is 8.95. The number of para-hydroxylation sites is 2. The molecular weight excluding hydrogens is 472 g/mol. The van der Waals surface area contributed by atoms with Gasteiger partial charge in [-0.1, -0.05) is 12.1 Å². The lowest BCUT2D eigenvalue weighted by Crippen LogP contribution is -2.41. The molecule has 2 aliphatic rings. The van der Waals surface area contributed by atoms with E-state index in [0.29, 0.717) is 50.4 Å². The van der Waals surface area contributed by atoms with Gasteiger partial charge in [0.2, 0.25) is 5.95 Å². The molecule has 0 atom stereocenters. The predicted molar refractivity (Wildman–Crippen MR) is 141 cm³/mol. The maximum absolute atomic E-state index is 13.0. The van der Waals surface area contributed by atoms with Crippen LogP contribution in [0, 0.1) is 5.92 Å². The van der Waals surface area contributed by atoms with Crippen molar-refractivity contribution in [3.05, 3.63) is 40.6 Å². The number of aliphatic hydroxyl groups is 1. The maximum Gasteiger partial charge on any atom is 0.333 e. The second-order valence-electron chi connectivity index (χ2n) is 10.7. The minimum atomic E-state index is -0.649. The second-order valence-corrected chi connectivity index (χ2v) is 10.7. The molecule has 0 saturated carbocycles. The summed E-state index contributed by atoms with van der Waals surface area (Å²) in [6, 6.07) is 7.55. The predicted octanol–water partition coefficient (Wildman–Crippen LogP) is 1.82. The van der Waals surface area contributed by atoms with Gasteiger partial charge in [0, 0.05) is 20.1 Å². The standard InChI is InChI=1S/C26H34N8O3/c1-26(2,36)17-8-10-32(11-9-17)16-20-28-21-22(31(20)3)29-24(30-23(21)33-12-14-37-15-13-33)34-19-7-5-4-6-18(19)27-25(34)35/h4-7,17,36H,8-16H2,1-3H3,(H,27,35). The van der Waals surface area contributed by atoms with Crippen LogP contribution in [-0.4, -0.2) is 84.1 Å². The van der Waals surface area contributed by atoms with Crippen LogP contribution in [0.1, 0.15) is 32.5 Å². The van der Waals surface area contributed by atoms with Crippen LogP contribution in [-0.2, 0) is 18.3 Å². The molecule has 11 nitrogen and oxygen atoms in total. The van der Waals surface area contributed by atoms with Crippen molar-refractivity contribution in [2.45, 2.75) is 38.8 Å². The molecule has 6 rings (SSSR count). The Morgan fingerprint density at radius 2 is 1.81 bits per heavy atom. The fourth-order valence-electron chi connectivity index (χ4n) is 5.57. The topological polar surface area (TPSA) is 117 Å². The van der Waals surface area contributed by atoms with E-state index in [9.17, 15) is 9.90 Å². The largest absolute Gasteiger partial charge is 0.390 e. The summed E-state index contributed by atoms with van der Waals surface area (Å²) in [5.74, 6) is 2.27. The number of aromatic nitrogens is 6. The molecule has 37 heavy (non-hydrogen) atoms. The van der Waals surface area contributed by atoms with E-state index in [4.69, 9.17) is 19.7 Å². The smallest absolute Gasteiger partial charge is 0.333 e. The summed E-state index contributed by atoms with van der Waals surface area (Å²) >= 11 is 0. The summed E-state index contributed by atoms with van der Waals surface area (Å²) in [7, 11) is 1.98. The van der Waals surface area contributed by atoms with Gasteiger partial charge in [-0.25, -0.2) is 14.3 Å². The van der Waals surface area contributed by atoms with Gasteiger partial charge in [0.1, 0.15) is 5.82 Å². The zero-order valence-electron chi connectivity index (χ0n) is 21.6. The normalized spacial score (nSPS) is 18.3. The molecule has 0 unspecified atom stereocenters. The third-order valence-corrected chi connectivity index (χ3v) is 7.83. The van der Waals surface area contributed by atoms with Gasteiger partial charge < -0.3 is 24.3 Å². The third-order valence-electron chi connectivity index (χ3n) is 7.83. The number of morpholine rings is 1.